The molecule has 1 fully saturated rings. The van der Waals surface area contributed by atoms with Crippen molar-refractivity contribution >= 4 is 27.7 Å². The number of hydrogen-bond acceptors (Lipinski definition) is 3. The summed E-state index contributed by atoms with van der Waals surface area (Å²) in [6.45, 7) is 2.42. The van der Waals surface area contributed by atoms with E-state index in [4.69, 9.17) is 0 Å². The van der Waals surface area contributed by atoms with E-state index in [1.165, 1.54) is 22.9 Å². The molecule has 4 heteroatoms. The Morgan fingerprint density at radius 3 is 2.68 bits per heavy atom. The van der Waals surface area contributed by atoms with Crippen molar-refractivity contribution in [2.75, 3.05) is 12.9 Å². The third-order valence-electron chi connectivity index (χ3n) is 4.02. The zero-order valence-electron chi connectivity index (χ0n) is 11.5. The van der Waals surface area contributed by atoms with Crippen LogP contribution in [0.5, 0.6) is 0 Å². The van der Waals surface area contributed by atoms with E-state index in [2.05, 4.69) is 58.7 Å². The van der Waals surface area contributed by atoms with E-state index in [-0.39, 0.29) is 6.61 Å². The van der Waals surface area contributed by atoms with Crippen LogP contribution >= 0.6 is 27.7 Å². The molecule has 0 aromatic heterocycles. The number of thioether (sulfide) groups is 1. The van der Waals surface area contributed by atoms with Crippen molar-refractivity contribution in [3.8, 4) is 0 Å². The highest BCUT2D eigenvalue weighted by Gasteiger charge is 2.32. The van der Waals surface area contributed by atoms with Crippen LogP contribution in [-0.2, 0) is 0 Å². The Kier molecular flexibility index (Phi) is 5.75. The second-order valence-electron chi connectivity index (χ2n) is 5.30. The van der Waals surface area contributed by atoms with Crippen LogP contribution in [0.1, 0.15) is 31.2 Å². The lowest BCUT2D eigenvalue weighted by atomic mass is 9.75. The average molecular weight is 344 g/mol. The molecule has 2 atom stereocenters. The number of benzene rings is 1. The Morgan fingerprint density at radius 1 is 1.42 bits per heavy atom. The van der Waals surface area contributed by atoms with Gasteiger partial charge in [0.25, 0.3) is 0 Å². The first kappa shape index (κ1) is 15.4. The van der Waals surface area contributed by atoms with Gasteiger partial charge in [0.2, 0.25) is 0 Å². The molecule has 19 heavy (non-hydrogen) atoms. The number of aliphatic hydroxyl groups excluding tert-OH is 1. The molecule has 1 aliphatic carbocycles. The second kappa shape index (κ2) is 7.11. The summed E-state index contributed by atoms with van der Waals surface area (Å²) >= 11 is 5.37. The monoisotopic (exact) mass is 343 g/mol. The van der Waals surface area contributed by atoms with Crippen LogP contribution in [0.25, 0.3) is 0 Å². The van der Waals surface area contributed by atoms with Crippen molar-refractivity contribution in [1.29, 1.82) is 0 Å². The molecule has 2 unspecified atom stereocenters. The van der Waals surface area contributed by atoms with Gasteiger partial charge >= 0.3 is 0 Å². The van der Waals surface area contributed by atoms with Crippen molar-refractivity contribution in [2.45, 2.75) is 43.0 Å². The van der Waals surface area contributed by atoms with Crippen LogP contribution in [0.2, 0.25) is 0 Å². The summed E-state index contributed by atoms with van der Waals surface area (Å²) in [7, 11) is 0. The number of hydrogen-bond donors (Lipinski definition) is 2. The van der Waals surface area contributed by atoms with E-state index in [0.717, 1.165) is 0 Å². The molecule has 0 heterocycles. The van der Waals surface area contributed by atoms with Crippen LogP contribution in [-0.4, -0.2) is 35.3 Å². The van der Waals surface area contributed by atoms with Gasteiger partial charge in [-0.25, -0.2) is 0 Å². The van der Waals surface area contributed by atoms with Gasteiger partial charge in [0.05, 0.1) is 6.61 Å². The number of halogens is 1. The Bertz CT molecular complexity index is 405. The Balaban J connectivity index is 1.82. The normalized spacial score (nSPS) is 25.7. The summed E-state index contributed by atoms with van der Waals surface area (Å²) in [5.41, 5.74) is 1.43. The fraction of sp³-hybridized carbons (Fsp3) is 0.600. The average Bonchev–Trinajstić information content (AvgIpc) is 2.36. The van der Waals surface area contributed by atoms with E-state index in [9.17, 15) is 5.11 Å². The summed E-state index contributed by atoms with van der Waals surface area (Å²) in [5, 5.41) is 13.2. The Morgan fingerprint density at radius 2 is 2.11 bits per heavy atom. The third-order valence-corrected chi connectivity index (χ3v) is 5.91. The van der Waals surface area contributed by atoms with Crippen molar-refractivity contribution in [3.05, 3.63) is 34.3 Å². The first-order valence-corrected chi connectivity index (χ1v) is 8.88. The highest BCUT2D eigenvalue weighted by molar-refractivity contribution is 9.10. The van der Waals surface area contributed by atoms with Gasteiger partial charge in [0, 0.05) is 21.8 Å². The lowest BCUT2D eigenvalue weighted by molar-refractivity contribution is 0.235. The van der Waals surface area contributed by atoms with Gasteiger partial charge in [0.15, 0.2) is 0 Å². The van der Waals surface area contributed by atoms with Crippen molar-refractivity contribution < 1.29 is 5.11 Å². The molecule has 0 radical (unpaired) electrons. The van der Waals surface area contributed by atoms with Crippen molar-refractivity contribution in [3.63, 3.8) is 0 Å². The minimum Gasteiger partial charge on any atom is -0.395 e. The first-order chi connectivity index (χ1) is 9.15. The molecule has 1 aromatic rings. The maximum absolute atomic E-state index is 9.30. The molecule has 2 nitrogen and oxygen atoms in total. The van der Waals surface area contributed by atoms with Gasteiger partial charge in [-0.1, -0.05) is 34.1 Å². The van der Waals surface area contributed by atoms with Gasteiger partial charge in [-0.2, -0.15) is 11.8 Å². The Hall–Kier alpha value is -0.0300. The molecule has 0 saturated heterocycles. The quantitative estimate of drug-likeness (QED) is 0.830. The highest BCUT2D eigenvalue weighted by Crippen LogP contribution is 2.40. The van der Waals surface area contributed by atoms with Crippen LogP contribution < -0.4 is 5.32 Å². The molecule has 106 valence electrons. The zero-order chi connectivity index (χ0) is 13.8. The lowest BCUT2D eigenvalue weighted by Crippen LogP contribution is -2.48. The van der Waals surface area contributed by atoms with Crippen LogP contribution in [0.15, 0.2) is 28.7 Å². The summed E-state index contributed by atoms with van der Waals surface area (Å²) < 4.78 is 1.23. The molecule has 0 bridgehead atoms. The van der Waals surface area contributed by atoms with E-state index in [0.29, 0.717) is 23.3 Å². The van der Waals surface area contributed by atoms with E-state index in [1.54, 1.807) is 11.8 Å². The topological polar surface area (TPSA) is 32.3 Å². The van der Waals surface area contributed by atoms with E-state index >= 15 is 0 Å². The molecule has 0 amide bonds. The summed E-state index contributed by atoms with van der Waals surface area (Å²) in [6, 6.07) is 9.47. The molecule has 0 spiro atoms. The van der Waals surface area contributed by atoms with Crippen molar-refractivity contribution in [2.24, 2.45) is 0 Å². The first-order valence-electron chi connectivity index (χ1n) is 6.79. The number of aliphatic hydroxyl groups is 1. The maximum atomic E-state index is 9.30. The summed E-state index contributed by atoms with van der Waals surface area (Å²) in [6.07, 6.45) is 4.45. The molecular weight excluding hydrogens is 322 g/mol. The molecular formula is C15H22BrNOS. The number of rotatable bonds is 6. The lowest BCUT2D eigenvalue weighted by Gasteiger charge is -2.39. The van der Waals surface area contributed by atoms with E-state index in [1.807, 2.05) is 0 Å². The SMILES string of the molecule is CSC(CO)C(C)NC1CC(c2ccccc2Br)C1. The van der Waals surface area contributed by atoms with Crippen LogP contribution in [0.3, 0.4) is 0 Å². The molecule has 1 aliphatic rings. The van der Waals surface area contributed by atoms with Gasteiger partial charge in [-0.15, -0.1) is 0 Å². The minimum absolute atomic E-state index is 0.246. The largest absolute Gasteiger partial charge is 0.395 e. The van der Waals surface area contributed by atoms with Gasteiger partial charge < -0.3 is 10.4 Å². The standard InChI is InChI=1S/C15H22BrNOS/c1-10(15(9-18)19-2)17-12-7-11(8-12)13-5-3-4-6-14(13)16/h3-6,10-12,15,17-18H,7-9H2,1-2H3. The van der Waals surface area contributed by atoms with Gasteiger partial charge in [-0.3, -0.25) is 0 Å². The summed E-state index contributed by atoms with van der Waals surface area (Å²) in [4.78, 5) is 0. The zero-order valence-corrected chi connectivity index (χ0v) is 13.9. The smallest absolute Gasteiger partial charge is 0.0564 e. The molecule has 2 rings (SSSR count). The van der Waals surface area contributed by atoms with E-state index < -0.39 is 0 Å². The highest BCUT2D eigenvalue weighted by atomic mass is 79.9. The summed E-state index contributed by atoms with van der Waals surface area (Å²) in [5.74, 6) is 0.669. The predicted molar refractivity (Wildman–Crippen MR) is 86.9 cm³/mol. The molecule has 0 aliphatic heterocycles. The molecule has 1 saturated carbocycles. The van der Waals surface area contributed by atoms with Crippen LogP contribution in [0, 0.1) is 0 Å². The molecule has 2 N–H and O–H groups in total. The fourth-order valence-electron chi connectivity index (χ4n) is 2.73. The van der Waals surface area contributed by atoms with Crippen molar-refractivity contribution in [1.82, 2.24) is 5.32 Å². The van der Waals surface area contributed by atoms with Gasteiger partial charge in [-0.05, 0) is 43.6 Å². The second-order valence-corrected chi connectivity index (χ2v) is 7.23. The minimum atomic E-state index is 0.246. The maximum Gasteiger partial charge on any atom is 0.0564 e. The van der Waals surface area contributed by atoms with Crippen LogP contribution in [0.4, 0.5) is 0 Å². The van der Waals surface area contributed by atoms with Gasteiger partial charge in [0.1, 0.15) is 0 Å². The number of nitrogens with one attached hydrogen (secondary N) is 1. The fourth-order valence-corrected chi connectivity index (χ4v) is 3.97. The molecule has 1 aromatic carbocycles. The Labute approximate surface area is 128 Å². The third kappa shape index (κ3) is 3.75. The predicted octanol–water partition coefficient (Wildman–Crippen LogP) is 3.40.